The van der Waals surface area contributed by atoms with Crippen LogP contribution in [0.4, 0.5) is 8.78 Å². The van der Waals surface area contributed by atoms with Crippen molar-refractivity contribution in [3.8, 4) is 5.75 Å². The summed E-state index contributed by atoms with van der Waals surface area (Å²) < 4.78 is 35.7. The van der Waals surface area contributed by atoms with Gasteiger partial charge in [-0.05, 0) is 12.1 Å². The molecule has 5 heteroatoms. The van der Waals surface area contributed by atoms with Crippen LogP contribution in [0.25, 0.3) is 0 Å². The summed E-state index contributed by atoms with van der Waals surface area (Å²) in [6.07, 6.45) is 0. The van der Waals surface area contributed by atoms with E-state index in [4.69, 9.17) is 14.6 Å². The lowest BCUT2D eigenvalue weighted by Crippen LogP contribution is -2.07. The van der Waals surface area contributed by atoms with Crippen LogP contribution in [-0.4, -0.2) is 25.4 Å². The van der Waals surface area contributed by atoms with Crippen LogP contribution < -0.4 is 4.74 Å². The van der Waals surface area contributed by atoms with Gasteiger partial charge in [0.15, 0.2) is 11.6 Å². The largest absolute Gasteiger partial charge is 0.491 e. The SMILES string of the molecule is COCCOc1ccc(F)c(F)c1CO. The van der Waals surface area contributed by atoms with Crippen molar-refractivity contribution in [3.05, 3.63) is 29.3 Å². The van der Waals surface area contributed by atoms with Gasteiger partial charge >= 0.3 is 0 Å². The Labute approximate surface area is 86.2 Å². The number of aliphatic hydroxyl groups excluding tert-OH is 1. The lowest BCUT2D eigenvalue weighted by atomic mass is 10.2. The number of hydrogen-bond acceptors (Lipinski definition) is 3. The zero-order chi connectivity index (χ0) is 11.3. The van der Waals surface area contributed by atoms with Gasteiger partial charge in [-0.1, -0.05) is 0 Å². The normalized spacial score (nSPS) is 10.4. The van der Waals surface area contributed by atoms with Crippen molar-refractivity contribution in [2.45, 2.75) is 6.61 Å². The van der Waals surface area contributed by atoms with Gasteiger partial charge in [0.05, 0.1) is 18.8 Å². The topological polar surface area (TPSA) is 38.7 Å². The molecule has 3 nitrogen and oxygen atoms in total. The lowest BCUT2D eigenvalue weighted by Gasteiger charge is -2.10. The summed E-state index contributed by atoms with van der Waals surface area (Å²) in [5.41, 5.74) is -0.175. The van der Waals surface area contributed by atoms with Crippen molar-refractivity contribution in [2.75, 3.05) is 20.3 Å². The average molecular weight is 218 g/mol. The van der Waals surface area contributed by atoms with Gasteiger partial charge in [0, 0.05) is 7.11 Å². The lowest BCUT2D eigenvalue weighted by molar-refractivity contribution is 0.143. The first-order chi connectivity index (χ1) is 7.20. The van der Waals surface area contributed by atoms with Crippen molar-refractivity contribution in [2.24, 2.45) is 0 Å². The molecule has 0 spiro atoms. The Bertz CT molecular complexity index is 329. The van der Waals surface area contributed by atoms with Crippen LogP contribution in [-0.2, 0) is 11.3 Å². The molecule has 84 valence electrons. The molecule has 0 aromatic heterocycles. The first-order valence-electron chi connectivity index (χ1n) is 4.40. The van der Waals surface area contributed by atoms with Crippen LogP contribution in [0.3, 0.4) is 0 Å². The molecule has 0 amide bonds. The zero-order valence-corrected chi connectivity index (χ0v) is 8.30. The third kappa shape index (κ3) is 2.87. The van der Waals surface area contributed by atoms with Gasteiger partial charge in [-0.25, -0.2) is 8.78 Å². The minimum absolute atomic E-state index is 0.133. The van der Waals surface area contributed by atoms with Crippen molar-refractivity contribution in [1.29, 1.82) is 0 Å². The Morgan fingerprint density at radius 3 is 2.60 bits per heavy atom. The van der Waals surface area contributed by atoms with E-state index in [-0.39, 0.29) is 17.9 Å². The number of methoxy groups -OCH3 is 1. The zero-order valence-electron chi connectivity index (χ0n) is 8.30. The number of aliphatic hydroxyl groups is 1. The van der Waals surface area contributed by atoms with Crippen LogP contribution in [0.5, 0.6) is 5.75 Å². The Morgan fingerprint density at radius 1 is 1.27 bits per heavy atom. The molecule has 0 heterocycles. The summed E-state index contributed by atoms with van der Waals surface area (Å²) in [4.78, 5) is 0. The van der Waals surface area contributed by atoms with Crippen LogP contribution in [0.15, 0.2) is 12.1 Å². The van der Waals surface area contributed by atoms with Crippen LogP contribution in [0.1, 0.15) is 5.56 Å². The van der Waals surface area contributed by atoms with Crippen molar-refractivity contribution in [1.82, 2.24) is 0 Å². The average Bonchev–Trinajstić information content (AvgIpc) is 2.24. The van der Waals surface area contributed by atoms with Crippen molar-refractivity contribution >= 4 is 0 Å². The second-order valence-electron chi connectivity index (χ2n) is 2.84. The van der Waals surface area contributed by atoms with Crippen LogP contribution in [0.2, 0.25) is 0 Å². The molecule has 0 aliphatic heterocycles. The van der Waals surface area contributed by atoms with E-state index in [1.165, 1.54) is 13.2 Å². The van der Waals surface area contributed by atoms with Gasteiger partial charge in [-0.3, -0.25) is 0 Å². The van der Waals surface area contributed by atoms with Crippen molar-refractivity contribution < 1.29 is 23.4 Å². The van der Waals surface area contributed by atoms with E-state index >= 15 is 0 Å². The second-order valence-corrected chi connectivity index (χ2v) is 2.84. The maximum Gasteiger partial charge on any atom is 0.168 e. The molecule has 0 bridgehead atoms. The second kappa shape index (κ2) is 5.63. The van der Waals surface area contributed by atoms with E-state index < -0.39 is 18.2 Å². The Balaban J connectivity index is 2.83. The highest BCUT2D eigenvalue weighted by Crippen LogP contribution is 2.23. The Morgan fingerprint density at radius 2 is 2.00 bits per heavy atom. The van der Waals surface area contributed by atoms with Crippen molar-refractivity contribution in [3.63, 3.8) is 0 Å². The predicted molar refractivity (Wildman–Crippen MR) is 49.7 cm³/mol. The van der Waals surface area contributed by atoms with E-state index in [9.17, 15) is 8.78 Å². The first-order valence-corrected chi connectivity index (χ1v) is 4.40. The van der Waals surface area contributed by atoms with Gasteiger partial charge in [-0.2, -0.15) is 0 Å². The molecule has 1 aromatic carbocycles. The summed E-state index contributed by atoms with van der Waals surface area (Å²) in [7, 11) is 1.50. The van der Waals surface area contributed by atoms with Crippen LogP contribution >= 0.6 is 0 Å². The van der Waals surface area contributed by atoms with Gasteiger partial charge < -0.3 is 14.6 Å². The van der Waals surface area contributed by atoms with E-state index in [1.54, 1.807) is 0 Å². The van der Waals surface area contributed by atoms with E-state index in [0.29, 0.717) is 6.61 Å². The molecule has 0 saturated heterocycles. The van der Waals surface area contributed by atoms with E-state index in [2.05, 4.69) is 0 Å². The minimum atomic E-state index is -1.08. The molecule has 0 aliphatic carbocycles. The van der Waals surface area contributed by atoms with Gasteiger partial charge in [-0.15, -0.1) is 0 Å². The molecule has 0 unspecified atom stereocenters. The van der Waals surface area contributed by atoms with Gasteiger partial charge in [0.25, 0.3) is 0 Å². The summed E-state index contributed by atoms with van der Waals surface area (Å²) in [6, 6.07) is 2.23. The molecule has 1 aromatic rings. The third-order valence-corrected chi connectivity index (χ3v) is 1.86. The third-order valence-electron chi connectivity index (χ3n) is 1.86. The number of benzene rings is 1. The minimum Gasteiger partial charge on any atom is -0.491 e. The van der Waals surface area contributed by atoms with Gasteiger partial charge in [0.2, 0.25) is 0 Å². The standard InChI is InChI=1S/C10H12F2O3/c1-14-4-5-15-9-3-2-8(11)10(12)7(9)6-13/h2-3,13H,4-6H2,1H3. The number of hydrogen-bond donors (Lipinski definition) is 1. The monoisotopic (exact) mass is 218 g/mol. The summed E-state index contributed by atoms with van der Waals surface area (Å²) in [5, 5.41) is 8.86. The fourth-order valence-electron chi connectivity index (χ4n) is 1.09. The Hall–Kier alpha value is -1.20. The molecular formula is C10H12F2O3. The molecule has 0 radical (unpaired) electrons. The molecule has 0 atom stereocenters. The molecule has 1 rings (SSSR count). The maximum atomic E-state index is 13.1. The molecule has 0 aliphatic rings. The Kier molecular flexibility index (Phi) is 4.45. The summed E-state index contributed by atoms with van der Waals surface area (Å²) >= 11 is 0. The van der Waals surface area contributed by atoms with E-state index in [0.717, 1.165) is 6.07 Å². The summed E-state index contributed by atoms with van der Waals surface area (Å²) in [6.45, 7) is -0.0512. The number of ether oxygens (including phenoxy) is 2. The van der Waals surface area contributed by atoms with Crippen LogP contribution in [0, 0.1) is 11.6 Å². The number of rotatable bonds is 5. The highest BCUT2D eigenvalue weighted by molar-refractivity contribution is 5.34. The first kappa shape index (κ1) is 11.9. The highest BCUT2D eigenvalue weighted by atomic mass is 19.2. The molecule has 1 N–H and O–H groups in total. The fraction of sp³-hybridized carbons (Fsp3) is 0.400. The molecular weight excluding hydrogens is 206 g/mol. The van der Waals surface area contributed by atoms with Gasteiger partial charge in [0.1, 0.15) is 12.4 Å². The highest BCUT2D eigenvalue weighted by Gasteiger charge is 2.13. The van der Waals surface area contributed by atoms with E-state index in [1.807, 2.05) is 0 Å². The maximum absolute atomic E-state index is 13.1. The predicted octanol–water partition coefficient (Wildman–Crippen LogP) is 1.48. The number of halogens is 2. The fourth-order valence-corrected chi connectivity index (χ4v) is 1.09. The molecule has 15 heavy (non-hydrogen) atoms. The smallest absolute Gasteiger partial charge is 0.168 e. The molecule has 0 fully saturated rings. The summed E-state index contributed by atoms with van der Waals surface area (Å²) in [5.74, 6) is -1.95. The quantitative estimate of drug-likeness (QED) is 0.761. The molecule has 0 saturated carbocycles.